The molecule has 0 aliphatic heterocycles. The number of carbonyl (C=O) groups is 3. The summed E-state index contributed by atoms with van der Waals surface area (Å²) < 4.78 is 15.0. The summed E-state index contributed by atoms with van der Waals surface area (Å²) in [6.45, 7) is 14.5. The Bertz CT molecular complexity index is 493. The zero-order valence-electron chi connectivity index (χ0n) is 26.1. The van der Waals surface area contributed by atoms with E-state index >= 15 is 0 Å². The van der Waals surface area contributed by atoms with E-state index in [9.17, 15) is 14.4 Å². The van der Waals surface area contributed by atoms with Gasteiger partial charge in [-0.05, 0) is 37.0 Å². The molecule has 0 bridgehead atoms. The predicted octanol–water partition coefficient (Wildman–Crippen LogP) is 6.50. The predicted molar refractivity (Wildman–Crippen MR) is 175 cm³/mol. The molecule has 3 atom stereocenters. The van der Waals surface area contributed by atoms with Crippen LogP contribution in [0.2, 0.25) is 0 Å². The number of esters is 3. The number of carbonyl (C=O) groups excluding carboxylic acids is 3. The maximum absolute atomic E-state index is 10.8. The Balaban J connectivity index is -0.000000240. The number of hydrogen-bond donors (Lipinski definition) is 0. The first-order valence-electron chi connectivity index (χ1n) is 14.9. The average Bonchev–Trinajstić information content (AvgIpc) is 2.97. The number of ether oxygens (including phenoxy) is 3. The van der Waals surface area contributed by atoms with E-state index in [1.807, 2.05) is 0 Å². The zero-order valence-corrected chi connectivity index (χ0v) is 31.1. The van der Waals surface area contributed by atoms with Crippen LogP contribution in [0.25, 0.3) is 0 Å². The molecule has 6 nitrogen and oxygen atoms in total. The molecule has 0 saturated heterocycles. The van der Waals surface area contributed by atoms with Crippen LogP contribution in [0.5, 0.6) is 0 Å². The van der Waals surface area contributed by atoms with Gasteiger partial charge in [0.25, 0.3) is 17.9 Å². The molecule has 0 aliphatic rings. The molecule has 0 heterocycles. The molecule has 236 valence electrons. The molecule has 0 aliphatic carbocycles. The van der Waals surface area contributed by atoms with Gasteiger partial charge in [-0.15, -0.1) is 0 Å². The summed E-state index contributed by atoms with van der Waals surface area (Å²) in [5.74, 6) is 1.000. The molecule has 0 rings (SSSR count). The molecule has 0 aromatic heterocycles. The Morgan fingerprint density at radius 2 is 0.725 bits per heavy atom. The van der Waals surface area contributed by atoms with Crippen LogP contribution in [-0.2, 0) is 66.5 Å². The molecule has 0 aromatic carbocycles. The second-order valence-electron chi connectivity index (χ2n) is 9.73. The summed E-state index contributed by atoms with van der Waals surface area (Å²) in [5.41, 5.74) is 0. The van der Waals surface area contributed by atoms with Crippen LogP contribution in [0.3, 0.4) is 0 Å². The van der Waals surface area contributed by atoms with Gasteiger partial charge in [0.05, 0.1) is 19.8 Å². The second-order valence-corrected chi connectivity index (χ2v) is 10.6. The molecule has 10 heteroatoms. The molecule has 3 unspecified atom stereocenters. The van der Waals surface area contributed by atoms with Crippen LogP contribution in [0.15, 0.2) is 0 Å². The number of rotatable bonds is 21. The van der Waals surface area contributed by atoms with Crippen molar-refractivity contribution in [2.24, 2.45) is 17.8 Å². The normalized spacial score (nSPS) is 12.2. The van der Waals surface area contributed by atoms with E-state index in [1.165, 1.54) is 38.5 Å². The minimum absolute atomic E-state index is 0. The van der Waals surface area contributed by atoms with Gasteiger partial charge in [-0.1, -0.05) is 117 Å². The largest absolute Gasteiger partial charge is 3.00 e. The number of unbranched alkanes of at least 4 members (excludes halogenated alkanes) is 3. The molecule has 0 amide bonds. The van der Waals surface area contributed by atoms with E-state index in [0.717, 1.165) is 38.5 Å². The Labute approximate surface area is 280 Å². The third kappa shape index (κ3) is 34.5. The summed E-state index contributed by atoms with van der Waals surface area (Å²) in [6.07, 6.45) is 13.9. The van der Waals surface area contributed by atoms with Crippen molar-refractivity contribution in [3.05, 3.63) is 0 Å². The Kier molecular flexibility index (Phi) is 44.0. The Morgan fingerprint density at radius 1 is 0.500 bits per heavy atom. The summed E-state index contributed by atoms with van der Waals surface area (Å²) in [7, 11) is 0. The third-order valence-corrected chi connectivity index (χ3v) is 7.13. The minimum atomic E-state index is -0.259. The van der Waals surface area contributed by atoms with Crippen molar-refractivity contribution < 1.29 is 28.6 Å². The van der Waals surface area contributed by atoms with Crippen LogP contribution in [0.4, 0.5) is 0 Å². The van der Waals surface area contributed by atoms with Gasteiger partial charge in [0.1, 0.15) is 0 Å². The monoisotopic (exact) mass is 730 g/mol. The van der Waals surface area contributed by atoms with E-state index in [0.29, 0.717) is 37.6 Å². The molecule has 2 radical (unpaired) electrons. The smallest absolute Gasteiger partial charge is 0.782 e. The fourth-order valence-electron chi connectivity index (χ4n) is 3.45. The summed E-state index contributed by atoms with van der Waals surface area (Å²) in [5, 5.41) is 0. The van der Waals surface area contributed by atoms with E-state index in [4.69, 9.17) is 14.2 Å². The fourth-order valence-corrected chi connectivity index (χ4v) is 3.70. The maximum atomic E-state index is 10.8. The molecule has 0 saturated carbocycles. The molecular weight excluding hydrogens is 674 g/mol. The molecule has 0 fully saturated rings. The molecule has 0 spiro atoms. The van der Waals surface area contributed by atoms with Crippen molar-refractivity contribution in [2.75, 3.05) is 37.1 Å². The Hall–Kier alpha value is 0.278. The quantitative estimate of drug-likeness (QED) is 0.0570. The fraction of sp³-hybridized carbons (Fsp3) is 0.900. The molecule has 0 N–H and O–H groups in total. The van der Waals surface area contributed by atoms with Crippen molar-refractivity contribution in [1.82, 2.24) is 0 Å². The summed E-state index contributed by atoms with van der Waals surface area (Å²) in [4.78, 5) is 32.3. The van der Waals surface area contributed by atoms with Crippen molar-refractivity contribution in [2.45, 2.75) is 119 Å². The standard InChI is InChI=1S/3C10H20O2S.Sb/c3*1-3-5-6-9(4-2)7-12-10(11)8-13;/h3*9,13H,3-8H2,1-2H3;/q;;;+3/p-3. The van der Waals surface area contributed by atoms with Gasteiger partial charge < -0.3 is 52.1 Å². The third-order valence-electron chi connectivity index (χ3n) is 6.42. The minimum Gasteiger partial charge on any atom is -0.782 e. The first-order chi connectivity index (χ1) is 18.7. The van der Waals surface area contributed by atoms with Gasteiger partial charge in [0, 0.05) is 0 Å². The van der Waals surface area contributed by atoms with Gasteiger partial charge in [-0.3, -0.25) is 14.4 Å². The SMILES string of the molecule is CCCCC(CC)COC(=O)C[S-].CCCCC(CC)COC(=O)C[S-].CCCCC(CC)COC(=O)C[S-].[Sb+3]. The first kappa shape index (κ1) is 47.2. The van der Waals surface area contributed by atoms with Crippen LogP contribution in [0, 0.1) is 17.8 Å². The second kappa shape index (κ2) is 37.3. The summed E-state index contributed by atoms with van der Waals surface area (Å²) in [6, 6.07) is 0. The van der Waals surface area contributed by atoms with E-state index in [1.54, 1.807) is 0 Å². The van der Waals surface area contributed by atoms with Crippen molar-refractivity contribution >= 4 is 80.2 Å². The molecular formula is C30H57O6S3Sb. The van der Waals surface area contributed by atoms with Gasteiger partial charge >= 0.3 is 24.4 Å². The van der Waals surface area contributed by atoms with E-state index in [-0.39, 0.29) is 59.6 Å². The van der Waals surface area contributed by atoms with E-state index in [2.05, 4.69) is 79.4 Å². The van der Waals surface area contributed by atoms with Crippen LogP contribution < -0.4 is 0 Å². The number of hydrogen-bond acceptors (Lipinski definition) is 9. The van der Waals surface area contributed by atoms with Gasteiger partial charge in [0.15, 0.2) is 0 Å². The van der Waals surface area contributed by atoms with Crippen molar-refractivity contribution in [1.29, 1.82) is 0 Å². The van der Waals surface area contributed by atoms with Gasteiger partial charge in [-0.25, -0.2) is 0 Å². The van der Waals surface area contributed by atoms with Gasteiger partial charge in [-0.2, -0.15) is 0 Å². The zero-order chi connectivity index (χ0) is 30.3. The molecule has 40 heavy (non-hydrogen) atoms. The van der Waals surface area contributed by atoms with Crippen LogP contribution in [0.1, 0.15) is 119 Å². The molecule has 0 aromatic rings. The Morgan fingerprint density at radius 3 is 0.875 bits per heavy atom. The van der Waals surface area contributed by atoms with Crippen molar-refractivity contribution in [3.63, 3.8) is 0 Å². The maximum Gasteiger partial charge on any atom is 3.00 e. The average molecular weight is 732 g/mol. The topological polar surface area (TPSA) is 78.9 Å². The summed E-state index contributed by atoms with van der Waals surface area (Å²) >= 11 is 13.7. The van der Waals surface area contributed by atoms with Crippen LogP contribution in [-0.4, -0.2) is 79.4 Å². The van der Waals surface area contributed by atoms with Crippen LogP contribution >= 0.6 is 0 Å². The van der Waals surface area contributed by atoms with E-state index < -0.39 is 0 Å². The van der Waals surface area contributed by atoms with Crippen molar-refractivity contribution in [3.8, 4) is 0 Å². The first-order valence-corrected chi connectivity index (χ1v) is 16.7. The van der Waals surface area contributed by atoms with Gasteiger partial charge in [0.2, 0.25) is 0 Å².